The van der Waals surface area contributed by atoms with Crippen LogP contribution in [-0.2, 0) is 11.3 Å². The van der Waals surface area contributed by atoms with Gasteiger partial charge in [0.2, 0.25) is 5.91 Å². The van der Waals surface area contributed by atoms with Crippen LogP contribution in [-0.4, -0.2) is 32.7 Å². The van der Waals surface area contributed by atoms with Crippen molar-refractivity contribution in [1.82, 2.24) is 9.55 Å². The molecular formula is C19H20N4O4S. The Labute approximate surface area is 166 Å². The van der Waals surface area contributed by atoms with Gasteiger partial charge in [0.25, 0.3) is 5.69 Å². The van der Waals surface area contributed by atoms with Crippen LogP contribution in [0.3, 0.4) is 0 Å². The van der Waals surface area contributed by atoms with Crippen LogP contribution in [0.2, 0.25) is 0 Å². The molecule has 3 rings (SSSR count). The zero-order valence-corrected chi connectivity index (χ0v) is 16.5. The maximum absolute atomic E-state index is 12.7. The fraction of sp³-hybridized carbons (Fsp3) is 0.263. The van der Waals surface area contributed by atoms with E-state index in [1.165, 1.54) is 37.1 Å². The van der Waals surface area contributed by atoms with Gasteiger partial charge in [-0.25, -0.2) is 4.98 Å². The molecule has 1 aromatic heterocycles. The van der Waals surface area contributed by atoms with Gasteiger partial charge in [-0.2, -0.15) is 0 Å². The minimum atomic E-state index is -0.517. The zero-order chi connectivity index (χ0) is 20.3. The third-order valence-corrected chi connectivity index (χ3v) is 5.33. The first-order valence-electron chi connectivity index (χ1n) is 8.69. The Bertz CT molecular complexity index is 1030. The number of fused-ring (bicyclic) bond motifs is 1. The molecule has 1 N–H and O–H groups in total. The highest BCUT2D eigenvalue weighted by Gasteiger charge is 2.21. The summed E-state index contributed by atoms with van der Waals surface area (Å²) in [5.41, 5.74) is 2.03. The molecule has 0 spiro atoms. The fourth-order valence-corrected chi connectivity index (χ4v) is 3.79. The number of benzene rings is 2. The zero-order valence-electron chi connectivity index (χ0n) is 15.7. The molecule has 0 aliphatic heterocycles. The van der Waals surface area contributed by atoms with E-state index in [4.69, 9.17) is 4.74 Å². The molecule has 0 fully saturated rings. The number of thioether (sulfide) groups is 1. The standard InChI is InChI=1S/C19H20N4O4S/c1-4-22-16-8-6-5-7-14(16)21-19(22)28-12(2)18(24)20-15-11-13(23(25)26)9-10-17(15)27-3/h5-12H,4H2,1-3H3,(H,20,24). The third kappa shape index (κ3) is 3.94. The van der Waals surface area contributed by atoms with Crippen LogP contribution in [0.25, 0.3) is 11.0 Å². The number of amides is 1. The molecular weight excluding hydrogens is 380 g/mol. The molecule has 0 aliphatic rings. The summed E-state index contributed by atoms with van der Waals surface area (Å²) in [7, 11) is 1.44. The summed E-state index contributed by atoms with van der Waals surface area (Å²) in [5.74, 6) is 0.0652. The number of hydrogen-bond acceptors (Lipinski definition) is 6. The van der Waals surface area contributed by atoms with E-state index in [-0.39, 0.29) is 17.3 Å². The SMILES string of the molecule is CCn1c(SC(C)C(=O)Nc2cc([N+](=O)[O-])ccc2OC)nc2ccccc21. The maximum Gasteiger partial charge on any atom is 0.271 e. The van der Waals surface area contributed by atoms with Gasteiger partial charge in [0.15, 0.2) is 5.16 Å². The van der Waals surface area contributed by atoms with E-state index < -0.39 is 10.2 Å². The van der Waals surface area contributed by atoms with E-state index in [0.717, 1.165) is 22.7 Å². The van der Waals surface area contributed by atoms with E-state index in [0.29, 0.717) is 5.75 Å². The van der Waals surface area contributed by atoms with Gasteiger partial charge in [0.1, 0.15) is 5.75 Å². The molecule has 146 valence electrons. The van der Waals surface area contributed by atoms with Gasteiger partial charge in [-0.05, 0) is 32.0 Å². The highest BCUT2D eigenvalue weighted by Crippen LogP contribution is 2.31. The van der Waals surface area contributed by atoms with Crippen molar-refractivity contribution in [3.05, 3.63) is 52.6 Å². The normalized spacial score (nSPS) is 12.0. The molecule has 0 saturated heterocycles. The van der Waals surface area contributed by atoms with Crippen molar-refractivity contribution in [2.24, 2.45) is 0 Å². The maximum atomic E-state index is 12.7. The summed E-state index contributed by atoms with van der Waals surface area (Å²) in [6.07, 6.45) is 0. The van der Waals surface area contributed by atoms with Gasteiger partial charge in [-0.15, -0.1) is 0 Å². The first-order valence-corrected chi connectivity index (χ1v) is 9.57. The van der Waals surface area contributed by atoms with Gasteiger partial charge < -0.3 is 14.6 Å². The summed E-state index contributed by atoms with van der Waals surface area (Å²) in [6.45, 7) is 4.52. The molecule has 0 saturated carbocycles. The monoisotopic (exact) mass is 400 g/mol. The third-order valence-electron chi connectivity index (χ3n) is 4.24. The fourth-order valence-electron chi connectivity index (χ4n) is 2.80. The summed E-state index contributed by atoms with van der Waals surface area (Å²) in [5, 5.41) is 14.0. The number of imidazole rings is 1. The molecule has 0 bridgehead atoms. The number of para-hydroxylation sites is 2. The van der Waals surface area contributed by atoms with Gasteiger partial charge >= 0.3 is 0 Å². The van der Waals surface area contributed by atoms with Crippen LogP contribution in [0.1, 0.15) is 13.8 Å². The number of ether oxygens (including phenoxy) is 1. The Hall–Kier alpha value is -3.07. The average molecular weight is 400 g/mol. The van der Waals surface area contributed by atoms with Crippen molar-refractivity contribution in [3.63, 3.8) is 0 Å². The highest BCUT2D eigenvalue weighted by atomic mass is 32.2. The molecule has 9 heteroatoms. The van der Waals surface area contributed by atoms with E-state index in [1.54, 1.807) is 6.92 Å². The predicted molar refractivity (Wildman–Crippen MR) is 109 cm³/mol. The van der Waals surface area contributed by atoms with Crippen molar-refractivity contribution >= 4 is 40.1 Å². The van der Waals surface area contributed by atoms with Crippen LogP contribution in [0.4, 0.5) is 11.4 Å². The topological polar surface area (TPSA) is 99.3 Å². The Kier molecular flexibility index (Phi) is 5.84. The summed E-state index contributed by atoms with van der Waals surface area (Å²) < 4.78 is 7.25. The second kappa shape index (κ2) is 8.30. The van der Waals surface area contributed by atoms with Gasteiger partial charge in [-0.1, -0.05) is 23.9 Å². The number of carbonyl (C=O) groups excluding carboxylic acids is 1. The van der Waals surface area contributed by atoms with Crippen LogP contribution in [0, 0.1) is 10.1 Å². The lowest BCUT2D eigenvalue weighted by Gasteiger charge is -2.14. The first kappa shape index (κ1) is 19.7. The van der Waals surface area contributed by atoms with E-state index in [1.807, 2.05) is 31.2 Å². The van der Waals surface area contributed by atoms with Gasteiger partial charge in [0.05, 0.1) is 34.0 Å². The molecule has 1 unspecified atom stereocenters. The minimum Gasteiger partial charge on any atom is -0.495 e. The molecule has 1 heterocycles. The summed E-state index contributed by atoms with van der Waals surface area (Å²) >= 11 is 1.34. The average Bonchev–Trinajstić information content (AvgIpc) is 3.04. The quantitative estimate of drug-likeness (QED) is 0.364. The Balaban J connectivity index is 1.81. The second-order valence-electron chi connectivity index (χ2n) is 6.02. The largest absolute Gasteiger partial charge is 0.495 e. The summed E-state index contributed by atoms with van der Waals surface area (Å²) in [4.78, 5) is 27.8. The Morgan fingerprint density at radius 3 is 2.79 bits per heavy atom. The van der Waals surface area contributed by atoms with Crippen LogP contribution in [0.15, 0.2) is 47.6 Å². The number of methoxy groups -OCH3 is 1. The Morgan fingerprint density at radius 2 is 2.11 bits per heavy atom. The predicted octanol–water partition coefficient (Wildman–Crippen LogP) is 4.09. The number of rotatable bonds is 7. The highest BCUT2D eigenvalue weighted by molar-refractivity contribution is 8.00. The van der Waals surface area contributed by atoms with Gasteiger partial charge in [-0.3, -0.25) is 14.9 Å². The van der Waals surface area contributed by atoms with Crippen molar-refractivity contribution in [2.75, 3.05) is 12.4 Å². The molecule has 0 aliphatic carbocycles. The lowest BCUT2D eigenvalue weighted by molar-refractivity contribution is -0.384. The number of hydrogen-bond donors (Lipinski definition) is 1. The number of aromatic nitrogens is 2. The first-order chi connectivity index (χ1) is 13.4. The number of carbonyl (C=O) groups is 1. The minimum absolute atomic E-state index is 0.121. The number of non-ortho nitro benzene ring substituents is 1. The van der Waals surface area contributed by atoms with E-state index in [2.05, 4.69) is 14.9 Å². The number of aryl methyl sites for hydroxylation is 1. The van der Waals surface area contributed by atoms with Gasteiger partial charge in [0, 0.05) is 18.7 Å². The number of nitro groups is 1. The molecule has 2 aromatic carbocycles. The number of nitro benzene ring substituents is 1. The van der Waals surface area contributed by atoms with Crippen molar-refractivity contribution < 1.29 is 14.5 Å². The number of nitrogens with zero attached hydrogens (tertiary/aromatic N) is 3. The number of nitrogens with one attached hydrogen (secondary N) is 1. The van der Waals surface area contributed by atoms with Crippen molar-refractivity contribution in [1.29, 1.82) is 0 Å². The molecule has 1 atom stereocenters. The van der Waals surface area contributed by atoms with Crippen molar-refractivity contribution in [2.45, 2.75) is 30.8 Å². The lowest BCUT2D eigenvalue weighted by Crippen LogP contribution is -2.23. The molecule has 1 amide bonds. The van der Waals surface area contributed by atoms with E-state index in [9.17, 15) is 14.9 Å². The lowest BCUT2D eigenvalue weighted by atomic mass is 10.2. The van der Waals surface area contributed by atoms with Crippen LogP contribution < -0.4 is 10.1 Å². The van der Waals surface area contributed by atoms with E-state index >= 15 is 0 Å². The molecule has 28 heavy (non-hydrogen) atoms. The molecule has 8 nitrogen and oxygen atoms in total. The molecule has 3 aromatic rings. The Morgan fingerprint density at radius 1 is 1.36 bits per heavy atom. The van der Waals surface area contributed by atoms with Crippen LogP contribution in [0.5, 0.6) is 5.75 Å². The smallest absolute Gasteiger partial charge is 0.271 e. The molecule has 0 radical (unpaired) electrons. The van der Waals surface area contributed by atoms with Crippen molar-refractivity contribution in [3.8, 4) is 5.75 Å². The summed E-state index contributed by atoms with van der Waals surface area (Å²) in [6, 6.07) is 11.9. The second-order valence-corrected chi connectivity index (χ2v) is 7.33. The number of anilines is 1. The van der Waals surface area contributed by atoms with Crippen LogP contribution >= 0.6 is 11.8 Å².